The summed E-state index contributed by atoms with van der Waals surface area (Å²) in [4.78, 5) is 16.3. The average molecular weight is 408 g/mol. The number of rotatable bonds is 5. The molecule has 2 heterocycles. The van der Waals surface area contributed by atoms with Crippen LogP contribution in [0.1, 0.15) is 40.2 Å². The number of aromatic carboxylic acids is 1. The van der Waals surface area contributed by atoms with Crippen LogP contribution in [-0.4, -0.2) is 20.6 Å². The molecular formula is C25H20N4O2. The number of nitrogens with zero attached hydrogens (tertiary/aromatic N) is 3. The molecule has 6 heteroatoms. The van der Waals surface area contributed by atoms with Crippen molar-refractivity contribution in [1.29, 1.82) is 5.26 Å². The fourth-order valence-corrected chi connectivity index (χ4v) is 4.01. The monoisotopic (exact) mass is 408 g/mol. The largest absolute Gasteiger partial charge is 0.478 e. The van der Waals surface area contributed by atoms with Crippen LogP contribution in [0.4, 0.5) is 11.5 Å². The molecule has 0 unspecified atom stereocenters. The maximum atomic E-state index is 11.9. The number of anilines is 2. The van der Waals surface area contributed by atoms with E-state index in [0.717, 1.165) is 46.1 Å². The number of carboxylic acids is 1. The minimum Gasteiger partial charge on any atom is -0.478 e. The summed E-state index contributed by atoms with van der Waals surface area (Å²) in [6, 6.07) is 17.4. The van der Waals surface area contributed by atoms with Crippen LogP contribution < -0.4 is 5.32 Å². The predicted octanol–water partition coefficient (Wildman–Crippen LogP) is 5.43. The summed E-state index contributed by atoms with van der Waals surface area (Å²) < 4.78 is 2.04. The number of carbonyl (C=O) groups is 1. The smallest absolute Gasteiger partial charge is 0.339 e. The van der Waals surface area contributed by atoms with E-state index in [2.05, 4.69) is 16.4 Å². The Morgan fingerprint density at radius 1 is 1.23 bits per heavy atom. The average Bonchev–Trinajstić information content (AvgIpc) is 3.56. The van der Waals surface area contributed by atoms with Gasteiger partial charge in [0.2, 0.25) is 0 Å². The van der Waals surface area contributed by atoms with Crippen molar-refractivity contribution in [3.8, 4) is 17.2 Å². The molecule has 0 bridgehead atoms. The van der Waals surface area contributed by atoms with E-state index in [1.54, 1.807) is 18.3 Å². The molecule has 0 atom stereocenters. The van der Waals surface area contributed by atoms with E-state index in [1.165, 1.54) is 0 Å². The van der Waals surface area contributed by atoms with E-state index in [4.69, 9.17) is 0 Å². The highest BCUT2D eigenvalue weighted by atomic mass is 16.4. The van der Waals surface area contributed by atoms with Gasteiger partial charge in [-0.15, -0.1) is 0 Å². The summed E-state index contributed by atoms with van der Waals surface area (Å²) in [6.07, 6.45) is 5.93. The van der Waals surface area contributed by atoms with Gasteiger partial charge in [0.05, 0.1) is 17.1 Å². The van der Waals surface area contributed by atoms with Gasteiger partial charge in [0.25, 0.3) is 0 Å². The number of pyridine rings is 1. The van der Waals surface area contributed by atoms with E-state index in [0.29, 0.717) is 17.3 Å². The van der Waals surface area contributed by atoms with E-state index in [9.17, 15) is 15.2 Å². The quantitative estimate of drug-likeness (QED) is 0.459. The topological polar surface area (TPSA) is 90.9 Å². The lowest BCUT2D eigenvalue weighted by Crippen LogP contribution is -2.06. The zero-order chi connectivity index (χ0) is 21.5. The zero-order valence-corrected chi connectivity index (χ0v) is 17.0. The molecule has 1 aliphatic carbocycles. The fraction of sp³-hybridized carbons (Fsp3) is 0.160. The van der Waals surface area contributed by atoms with Gasteiger partial charge in [-0.25, -0.2) is 9.78 Å². The molecule has 1 aliphatic rings. The van der Waals surface area contributed by atoms with Crippen LogP contribution in [0.3, 0.4) is 0 Å². The molecule has 0 radical (unpaired) electrons. The molecule has 0 spiro atoms. The molecule has 5 rings (SSSR count). The van der Waals surface area contributed by atoms with E-state index in [-0.39, 0.29) is 5.56 Å². The molecule has 2 N–H and O–H groups in total. The summed E-state index contributed by atoms with van der Waals surface area (Å²) in [5, 5.41) is 23.2. The Hall–Kier alpha value is -4.11. The second kappa shape index (κ2) is 7.29. The van der Waals surface area contributed by atoms with Gasteiger partial charge >= 0.3 is 5.97 Å². The number of carboxylic acid groups (broad SMARTS) is 1. The molecule has 2 aromatic heterocycles. The molecule has 0 aliphatic heterocycles. The Morgan fingerprint density at radius 2 is 2.06 bits per heavy atom. The first-order chi connectivity index (χ1) is 15.0. The standard InChI is InChI=1S/C25H20N4O2/c1-29-8-7-18-10-20(12-21(23(18)29)17-4-2-3-15(9-17)13-26)28-24-22(25(30)31)11-19(14-27-24)16-5-6-16/h2-4,7-12,14,16H,5-6H2,1H3,(H,27,28)(H,30,31). The summed E-state index contributed by atoms with van der Waals surface area (Å²) in [5.41, 5.74) is 5.40. The van der Waals surface area contributed by atoms with E-state index < -0.39 is 5.97 Å². The predicted molar refractivity (Wildman–Crippen MR) is 120 cm³/mol. The van der Waals surface area contributed by atoms with E-state index >= 15 is 0 Å². The van der Waals surface area contributed by atoms with Crippen molar-refractivity contribution in [3.05, 3.63) is 77.6 Å². The summed E-state index contributed by atoms with van der Waals surface area (Å²) in [6.45, 7) is 0. The molecule has 0 saturated heterocycles. The lowest BCUT2D eigenvalue weighted by atomic mass is 10.00. The van der Waals surface area contributed by atoms with Gasteiger partial charge < -0.3 is 15.0 Å². The Bertz CT molecular complexity index is 1380. The van der Waals surface area contributed by atoms with Crippen molar-refractivity contribution in [3.63, 3.8) is 0 Å². The molecule has 0 amide bonds. The van der Waals surface area contributed by atoms with Crippen LogP contribution in [0.5, 0.6) is 0 Å². The first kappa shape index (κ1) is 18.9. The molecule has 31 heavy (non-hydrogen) atoms. The summed E-state index contributed by atoms with van der Waals surface area (Å²) >= 11 is 0. The zero-order valence-electron chi connectivity index (χ0n) is 17.0. The van der Waals surface area contributed by atoms with Gasteiger partial charge in [0.15, 0.2) is 0 Å². The number of aromatic nitrogens is 2. The third-order valence-electron chi connectivity index (χ3n) is 5.72. The Kier molecular flexibility index (Phi) is 4.45. The molecule has 6 nitrogen and oxygen atoms in total. The van der Waals surface area contributed by atoms with Crippen molar-refractivity contribution >= 4 is 28.4 Å². The van der Waals surface area contributed by atoms with Gasteiger partial charge in [0.1, 0.15) is 11.4 Å². The van der Waals surface area contributed by atoms with Crippen LogP contribution in [0.15, 0.2) is 60.9 Å². The van der Waals surface area contributed by atoms with Gasteiger partial charge in [0, 0.05) is 36.1 Å². The van der Waals surface area contributed by atoms with Crippen molar-refractivity contribution < 1.29 is 9.90 Å². The highest BCUT2D eigenvalue weighted by molar-refractivity contribution is 5.99. The number of aryl methyl sites for hydroxylation is 1. The van der Waals surface area contributed by atoms with Crippen LogP contribution in [-0.2, 0) is 7.05 Å². The highest BCUT2D eigenvalue weighted by Gasteiger charge is 2.26. The second-order valence-electron chi connectivity index (χ2n) is 7.95. The maximum Gasteiger partial charge on any atom is 0.339 e. The minimum absolute atomic E-state index is 0.172. The lowest BCUT2D eigenvalue weighted by Gasteiger charge is -2.14. The summed E-state index contributed by atoms with van der Waals surface area (Å²) in [5.74, 6) is -0.247. The van der Waals surface area contributed by atoms with Crippen molar-refractivity contribution in [2.45, 2.75) is 18.8 Å². The number of benzene rings is 2. The second-order valence-corrected chi connectivity index (χ2v) is 7.95. The molecule has 2 aromatic carbocycles. The van der Waals surface area contributed by atoms with Gasteiger partial charge in [-0.3, -0.25) is 0 Å². The van der Waals surface area contributed by atoms with Gasteiger partial charge in [-0.05, 0) is 66.3 Å². The number of hydrogen-bond donors (Lipinski definition) is 2. The van der Waals surface area contributed by atoms with Crippen LogP contribution in [0, 0.1) is 11.3 Å². The Morgan fingerprint density at radius 3 is 2.81 bits per heavy atom. The first-order valence-corrected chi connectivity index (χ1v) is 10.1. The third kappa shape index (κ3) is 3.51. The van der Waals surface area contributed by atoms with Gasteiger partial charge in [-0.2, -0.15) is 5.26 Å². The highest BCUT2D eigenvalue weighted by Crippen LogP contribution is 2.41. The SMILES string of the molecule is Cn1ccc2cc(Nc3ncc(C4CC4)cc3C(=O)O)cc(-c3cccc(C#N)c3)c21. The maximum absolute atomic E-state index is 11.9. The molecule has 152 valence electrons. The first-order valence-electron chi connectivity index (χ1n) is 10.1. The number of fused-ring (bicyclic) bond motifs is 1. The fourth-order valence-electron chi connectivity index (χ4n) is 4.01. The van der Waals surface area contributed by atoms with Crippen molar-refractivity contribution in [1.82, 2.24) is 9.55 Å². The number of nitrogens with one attached hydrogen (secondary N) is 1. The van der Waals surface area contributed by atoms with Crippen LogP contribution >= 0.6 is 0 Å². The van der Waals surface area contributed by atoms with Crippen molar-refractivity contribution in [2.24, 2.45) is 7.05 Å². The Labute approximate surface area is 179 Å². The molecule has 1 fully saturated rings. The molecule has 4 aromatic rings. The molecule has 1 saturated carbocycles. The van der Waals surface area contributed by atoms with E-state index in [1.807, 2.05) is 54.2 Å². The van der Waals surface area contributed by atoms with Crippen molar-refractivity contribution in [2.75, 3.05) is 5.32 Å². The minimum atomic E-state index is -1.000. The van der Waals surface area contributed by atoms with Crippen LogP contribution in [0.25, 0.3) is 22.0 Å². The number of nitriles is 1. The molecular weight excluding hydrogens is 388 g/mol. The Balaban J connectivity index is 1.62. The lowest BCUT2D eigenvalue weighted by molar-refractivity contribution is 0.0697. The third-order valence-corrected chi connectivity index (χ3v) is 5.72. The van der Waals surface area contributed by atoms with Crippen LogP contribution in [0.2, 0.25) is 0 Å². The summed E-state index contributed by atoms with van der Waals surface area (Å²) in [7, 11) is 1.98. The van der Waals surface area contributed by atoms with Gasteiger partial charge in [-0.1, -0.05) is 12.1 Å². The normalized spacial score (nSPS) is 13.2. The number of hydrogen-bond acceptors (Lipinski definition) is 4.